The van der Waals surface area contributed by atoms with E-state index in [1.54, 1.807) is 0 Å². The Morgan fingerprint density at radius 2 is 0.750 bits per heavy atom. The molecular formula is C24H40N2O2. The van der Waals surface area contributed by atoms with Crippen LogP contribution in [-0.4, -0.2) is 24.9 Å². The van der Waals surface area contributed by atoms with Crippen LogP contribution in [0, 0.1) is 24.7 Å². The molecule has 0 aromatic carbocycles. The Morgan fingerprint density at radius 1 is 0.500 bits per heavy atom. The first kappa shape index (κ1) is 26.1. The molecule has 2 amide bonds. The fourth-order valence-corrected chi connectivity index (χ4v) is 3.17. The summed E-state index contributed by atoms with van der Waals surface area (Å²) < 4.78 is 0. The highest BCUT2D eigenvalue weighted by Crippen LogP contribution is 2.13. The second-order valence-corrected chi connectivity index (χ2v) is 7.41. The molecule has 0 aliphatic heterocycles. The van der Waals surface area contributed by atoms with Crippen molar-refractivity contribution in [1.29, 1.82) is 0 Å². The Morgan fingerprint density at radius 3 is 1.00 bits per heavy atom. The number of terminal acetylenes is 2. The summed E-state index contributed by atoms with van der Waals surface area (Å²) in [6, 6.07) is 0. The first-order chi connectivity index (χ1) is 13.7. The minimum Gasteiger partial charge on any atom is -0.345 e. The van der Waals surface area contributed by atoms with Gasteiger partial charge in [0.25, 0.3) is 0 Å². The SMILES string of the molecule is C#CCNC(=O)CCCCCCCCCCCCCCCCC(=O)NCC#C. The highest BCUT2D eigenvalue weighted by atomic mass is 16.2. The van der Waals surface area contributed by atoms with Crippen molar-refractivity contribution < 1.29 is 9.59 Å². The standard InChI is InChI=1S/C24H40N2O2/c1-3-21-25-23(27)19-17-15-13-11-9-7-5-6-8-10-12-14-16-18-20-24(28)26-22-4-2/h1-2H,5-22H2,(H,25,27)(H,26,28). The van der Waals surface area contributed by atoms with Crippen molar-refractivity contribution in [2.45, 2.75) is 103 Å². The highest BCUT2D eigenvalue weighted by Gasteiger charge is 2.00. The summed E-state index contributed by atoms with van der Waals surface area (Å²) in [7, 11) is 0. The Kier molecular flexibility index (Phi) is 19.9. The van der Waals surface area contributed by atoms with E-state index < -0.39 is 0 Å². The number of nitrogens with one attached hydrogen (secondary N) is 2. The molecule has 4 nitrogen and oxygen atoms in total. The zero-order valence-corrected chi connectivity index (χ0v) is 17.7. The smallest absolute Gasteiger partial charge is 0.220 e. The molecule has 158 valence electrons. The Bertz CT molecular complexity index is 430. The lowest BCUT2D eigenvalue weighted by Gasteiger charge is -2.04. The Balaban J connectivity index is 3.14. The summed E-state index contributed by atoms with van der Waals surface area (Å²) >= 11 is 0. The topological polar surface area (TPSA) is 58.2 Å². The molecule has 0 fully saturated rings. The molecule has 0 atom stereocenters. The summed E-state index contributed by atoms with van der Waals surface area (Å²) in [4.78, 5) is 22.7. The summed E-state index contributed by atoms with van der Waals surface area (Å²) in [6.45, 7) is 0.677. The number of amides is 2. The lowest BCUT2D eigenvalue weighted by Crippen LogP contribution is -2.22. The molecule has 0 aromatic heterocycles. The van der Waals surface area contributed by atoms with Crippen LogP contribution >= 0.6 is 0 Å². The molecule has 0 heterocycles. The molecule has 0 saturated carbocycles. The second kappa shape index (κ2) is 21.4. The van der Waals surface area contributed by atoms with E-state index in [-0.39, 0.29) is 11.8 Å². The molecule has 28 heavy (non-hydrogen) atoms. The van der Waals surface area contributed by atoms with E-state index in [9.17, 15) is 9.59 Å². The van der Waals surface area contributed by atoms with E-state index in [0.717, 1.165) is 25.7 Å². The maximum absolute atomic E-state index is 11.4. The normalized spacial score (nSPS) is 10.1. The molecule has 0 radical (unpaired) electrons. The van der Waals surface area contributed by atoms with Gasteiger partial charge in [-0.25, -0.2) is 0 Å². The van der Waals surface area contributed by atoms with Crippen molar-refractivity contribution in [3.8, 4) is 24.7 Å². The lowest BCUT2D eigenvalue weighted by atomic mass is 10.0. The summed E-state index contributed by atoms with van der Waals surface area (Å²) in [6.07, 6.45) is 28.6. The molecular weight excluding hydrogens is 348 g/mol. The minimum absolute atomic E-state index is 0.0727. The van der Waals surface area contributed by atoms with Crippen LogP contribution in [0.3, 0.4) is 0 Å². The predicted octanol–water partition coefficient (Wildman–Crippen LogP) is 4.73. The van der Waals surface area contributed by atoms with Gasteiger partial charge in [-0.15, -0.1) is 12.8 Å². The highest BCUT2D eigenvalue weighted by molar-refractivity contribution is 5.76. The van der Waals surface area contributed by atoms with E-state index in [0.29, 0.717) is 25.9 Å². The van der Waals surface area contributed by atoms with Crippen LogP contribution in [-0.2, 0) is 9.59 Å². The summed E-state index contributed by atoms with van der Waals surface area (Å²) in [5.74, 6) is 4.97. The van der Waals surface area contributed by atoms with Crippen molar-refractivity contribution in [1.82, 2.24) is 10.6 Å². The molecule has 4 heteroatoms. The fourth-order valence-electron chi connectivity index (χ4n) is 3.17. The van der Waals surface area contributed by atoms with Crippen molar-refractivity contribution in [2.75, 3.05) is 13.1 Å². The van der Waals surface area contributed by atoms with Crippen LogP contribution in [0.25, 0.3) is 0 Å². The third kappa shape index (κ3) is 20.4. The van der Waals surface area contributed by atoms with Gasteiger partial charge in [0.15, 0.2) is 0 Å². The van der Waals surface area contributed by atoms with Crippen LogP contribution in [0.2, 0.25) is 0 Å². The van der Waals surface area contributed by atoms with Gasteiger partial charge in [0, 0.05) is 12.8 Å². The van der Waals surface area contributed by atoms with Crippen molar-refractivity contribution >= 4 is 11.8 Å². The van der Waals surface area contributed by atoms with Gasteiger partial charge in [0.05, 0.1) is 13.1 Å². The second-order valence-electron chi connectivity index (χ2n) is 7.41. The van der Waals surface area contributed by atoms with Crippen molar-refractivity contribution in [3.05, 3.63) is 0 Å². The maximum Gasteiger partial charge on any atom is 0.220 e. The predicted molar refractivity (Wildman–Crippen MR) is 118 cm³/mol. The van der Waals surface area contributed by atoms with Crippen molar-refractivity contribution in [2.24, 2.45) is 0 Å². The van der Waals surface area contributed by atoms with Crippen molar-refractivity contribution in [3.63, 3.8) is 0 Å². The van der Waals surface area contributed by atoms with E-state index in [1.807, 2.05) is 0 Å². The zero-order chi connectivity index (χ0) is 20.7. The van der Waals surface area contributed by atoms with Crippen LogP contribution in [0.15, 0.2) is 0 Å². The van der Waals surface area contributed by atoms with Crippen LogP contribution in [0.1, 0.15) is 103 Å². The monoisotopic (exact) mass is 388 g/mol. The van der Waals surface area contributed by atoms with E-state index in [2.05, 4.69) is 22.5 Å². The number of hydrogen-bond acceptors (Lipinski definition) is 2. The molecule has 0 saturated heterocycles. The number of carbonyl (C=O) groups is 2. The number of unbranched alkanes of at least 4 members (excludes halogenated alkanes) is 13. The molecule has 0 aliphatic carbocycles. The molecule has 2 N–H and O–H groups in total. The van der Waals surface area contributed by atoms with E-state index >= 15 is 0 Å². The first-order valence-electron chi connectivity index (χ1n) is 11.1. The number of rotatable bonds is 19. The third-order valence-corrected chi connectivity index (χ3v) is 4.83. The summed E-state index contributed by atoms with van der Waals surface area (Å²) in [5.41, 5.74) is 0. The Labute approximate surface area is 173 Å². The van der Waals surface area contributed by atoms with E-state index in [4.69, 9.17) is 12.8 Å². The van der Waals surface area contributed by atoms with Gasteiger partial charge in [0.1, 0.15) is 0 Å². The lowest BCUT2D eigenvalue weighted by molar-refractivity contribution is -0.121. The number of hydrogen-bond donors (Lipinski definition) is 2. The Hall–Kier alpha value is -1.94. The molecule has 0 bridgehead atoms. The van der Waals surface area contributed by atoms with Gasteiger partial charge in [-0.1, -0.05) is 88.9 Å². The van der Waals surface area contributed by atoms with Gasteiger partial charge in [-0.3, -0.25) is 9.59 Å². The molecule has 0 unspecified atom stereocenters. The third-order valence-electron chi connectivity index (χ3n) is 4.83. The van der Waals surface area contributed by atoms with Crippen LogP contribution in [0.5, 0.6) is 0 Å². The van der Waals surface area contributed by atoms with Crippen LogP contribution in [0.4, 0.5) is 0 Å². The van der Waals surface area contributed by atoms with E-state index in [1.165, 1.54) is 64.2 Å². The van der Waals surface area contributed by atoms with Gasteiger partial charge in [-0.05, 0) is 12.8 Å². The first-order valence-corrected chi connectivity index (χ1v) is 11.1. The van der Waals surface area contributed by atoms with Gasteiger partial charge in [-0.2, -0.15) is 0 Å². The van der Waals surface area contributed by atoms with Gasteiger partial charge >= 0.3 is 0 Å². The molecule has 0 spiro atoms. The average molecular weight is 389 g/mol. The van der Waals surface area contributed by atoms with Gasteiger partial charge in [0.2, 0.25) is 11.8 Å². The average Bonchev–Trinajstić information content (AvgIpc) is 2.70. The molecule has 0 aromatic rings. The number of carbonyl (C=O) groups excluding carboxylic acids is 2. The minimum atomic E-state index is 0.0727. The maximum atomic E-state index is 11.4. The van der Waals surface area contributed by atoms with Crippen LogP contribution < -0.4 is 10.6 Å². The molecule has 0 aliphatic rings. The zero-order valence-electron chi connectivity index (χ0n) is 17.7. The quantitative estimate of drug-likeness (QED) is 0.248. The molecule has 0 rings (SSSR count). The fraction of sp³-hybridized carbons (Fsp3) is 0.750. The largest absolute Gasteiger partial charge is 0.345 e. The van der Waals surface area contributed by atoms with Gasteiger partial charge < -0.3 is 10.6 Å². The summed E-state index contributed by atoms with van der Waals surface area (Å²) in [5, 5.41) is 5.39.